The third-order valence-corrected chi connectivity index (χ3v) is 5.21. The Morgan fingerprint density at radius 3 is 2.17 bits per heavy atom. The van der Waals surface area contributed by atoms with Crippen LogP contribution in [0, 0.1) is 6.92 Å². The lowest BCUT2D eigenvalue weighted by Gasteiger charge is -2.36. The molecule has 3 aromatic rings. The SMILES string of the molecule is COc1cc2nc(-c3ccc(C)cc3)nc(N3CC(C)OC(C)C3)c2cc1OC. The lowest BCUT2D eigenvalue weighted by atomic mass is 10.1. The highest BCUT2D eigenvalue weighted by atomic mass is 16.5. The standard InChI is InChI=1S/C23H27N3O3/c1-14-6-8-17(9-7-14)22-24-19-11-21(28-5)20(27-4)10-18(19)23(25-22)26-12-15(2)29-16(3)13-26/h6-11,15-16H,12-13H2,1-5H3. The fourth-order valence-electron chi connectivity index (χ4n) is 3.86. The first-order valence-corrected chi connectivity index (χ1v) is 9.89. The molecule has 1 aliphatic heterocycles. The molecule has 0 amide bonds. The van der Waals surface area contributed by atoms with E-state index in [1.165, 1.54) is 5.56 Å². The van der Waals surface area contributed by atoms with Gasteiger partial charge < -0.3 is 19.1 Å². The van der Waals surface area contributed by atoms with Gasteiger partial charge in [0.2, 0.25) is 0 Å². The molecule has 29 heavy (non-hydrogen) atoms. The summed E-state index contributed by atoms with van der Waals surface area (Å²) in [6, 6.07) is 12.2. The molecule has 4 rings (SSSR count). The van der Waals surface area contributed by atoms with Gasteiger partial charge in [-0.15, -0.1) is 0 Å². The van der Waals surface area contributed by atoms with Gasteiger partial charge in [0.25, 0.3) is 0 Å². The topological polar surface area (TPSA) is 56.7 Å². The van der Waals surface area contributed by atoms with E-state index in [-0.39, 0.29) is 12.2 Å². The molecule has 0 radical (unpaired) electrons. The number of anilines is 1. The van der Waals surface area contributed by atoms with Crippen LogP contribution in [-0.4, -0.2) is 49.5 Å². The minimum absolute atomic E-state index is 0.131. The number of aryl methyl sites for hydroxylation is 1. The van der Waals surface area contributed by atoms with Crippen LogP contribution in [0.4, 0.5) is 5.82 Å². The van der Waals surface area contributed by atoms with Crippen molar-refractivity contribution >= 4 is 16.7 Å². The number of methoxy groups -OCH3 is 2. The molecule has 1 saturated heterocycles. The van der Waals surface area contributed by atoms with E-state index in [0.717, 1.165) is 35.4 Å². The van der Waals surface area contributed by atoms with Crippen molar-refractivity contribution < 1.29 is 14.2 Å². The summed E-state index contributed by atoms with van der Waals surface area (Å²) in [6.07, 6.45) is 0.262. The first-order chi connectivity index (χ1) is 14.0. The fraction of sp³-hybridized carbons (Fsp3) is 0.391. The maximum atomic E-state index is 5.93. The zero-order valence-electron chi connectivity index (χ0n) is 17.6. The monoisotopic (exact) mass is 393 g/mol. The smallest absolute Gasteiger partial charge is 0.162 e. The van der Waals surface area contributed by atoms with Crippen molar-refractivity contribution in [3.05, 3.63) is 42.0 Å². The molecule has 2 aromatic carbocycles. The molecule has 0 aliphatic carbocycles. The van der Waals surface area contributed by atoms with Crippen LogP contribution in [0.3, 0.4) is 0 Å². The quantitative estimate of drug-likeness (QED) is 0.661. The van der Waals surface area contributed by atoms with Gasteiger partial charge in [-0.05, 0) is 26.8 Å². The van der Waals surface area contributed by atoms with Crippen molar-refractivity contribution in [3.8, 4) is 22.9 Å². The Bertz CT molecular complexity index is 1010. The van der Waals surface area contributed by atoms with Crippen molar-refractivity contribution in [2.45, 2.75) is 33.0 Å². The van der Waals surface area contributed by atoms with Crippen LogP contribution >= 0.6 is 0 Å². The molecular weight excluding hydrogens is 366 g/mol. The number of benzene rings is 2. The molecule has 0 N–H and O–H groups in total. The number of aromatic nitrogens is 2. The molecule has 2 atom stereocenters. The van der Waals surface area contributed by atoms with Gasteiger partial charge in [0.1, 0.15) is 5.82 Å². The van der Waals surface area contributed by atoms with Crippen molar-refractivity contribution in [2.75, 3.05) is 32.2 Å². The Morgan fingerprint density at radius 2 is 1.55 bits per heavy atom. The molecule has 6 nitrogen and oxygen atoms in total. The van der Waals surface area contributed by atoms with E-state index in [2.05, 4.69) is 49.9 Å². The molecule has 0 spiro atoms. The van der Waals surface area contributed by atoms with E-state index >= 15 is 0 Å². The lowest BCUT2D eigenvalue weighted by Crippen LogP contribution is -2.46. The van der Waals surface area contributed by atoms with Gasteiger partial charge in [-0.3, -0.25) is 0 Å². The van der Waals surface area contributed by atoms with E-state index in [4.69, 9.17) is 24.2 Å². The van der Waals surface area contributed by atoms with Gasteiger partial charge in [-0.2, -0.15) is 0 Å². The highest BCUT2D eigenvalue weighted by molar-refractivity contribution is 5.93. The number of morpholine rings is 1. The number of rotatable bonds is 4. The summed E-state index contributed by atoms with van der Waals surface area (Å²) in [4.78, 5) is 12.1. The van der Waals surface area contributed by atoms with Gasteiger partial charge in [0.15, 0.2) is 17.3 Å². The molecule has 1 aromatic heterocycles. The minimum Gasteiger partial charge on any atom is -0.493 e. The first-order valence-electron chi connectivity index (χ1n) is 9.89. The number of fused-ring (bicyclic) bond motifs is 1. The van der Waals surface area contributed by atoms with E-state index in [0.29, 0.717) is 17.3 Å². The van der Waals surface area contributed by atoms with Crippen molar-refractivity contribution in [3.63, 3.8) is 0 Å². The maximum absolute atomic E-state index is 5.93. The predicted molar refractivity (Wildman–Crippen MR) is 115 cm³/mol. The predicted octanol–water partition coefficient (Wildman–Crippen LogP) is 4.24. The molecule has 2 unspecified atom stereocenters. The van der Waals surface area contributed by atoms with E-state index in [9.17, 15) is 0 Å². The second kappa shape index (κ2) is 7.87. The summed E-state index contributed by atoms with van der Waals surface area (Å²) >= 11 is 0. The van der Waals surface area contributed by atoms with E-state index < -0.39 is 0 Å². The van der Waals surface area contributed by atoms with Crippen LogP contribution in [0.1, 0.15) is 19.4 Å². The number of hydrogen-bond donors (Lipinski definition) is 0. The summed E-state index contributed by atoms with van der Waals surface area (Å²) in [6.45, 7) is 7.81. The van der Waals surface area contributed by atoms with Crippen molar-refractivity contribution in [1.82, 2.24) is 9.97 Å². The highest BCUT2D eigenvalue weighted by Crippen LogP contribution is 2.37. The van der Waals surface area contributed by atoms with Gasteiger partial charge in [0.05, 0.1) is 31.9 Å². The Labute approximate surface area is 171 Å². The molecular formula is C23H27N3O3. The van der Waals surface area contributed by atoms with Crippen LogP contribution < -0.4 is 14.4 Å². The van der Waals surface area contributed by atoms with Crippen LogP contribution in [0.5, 0.6) is 11.5 Å². The Hall–Kier alpha value is -2.86. The largest absolute Gasteiger partial charge is 0.493 e. The summed E-state index contributed by atoms with van der Waals surface area (Å²) < 4.78 is 17.0. The lowest BCUT2D eigenvalue weighted by molar-refractivity contribution is -0.00536. The van der Waals surface area contributed by atoms with Gasteiger partial charge in [0, 0.05) is 30.1 Å². The Kier molecular flexibility index (Phi) is 5.28. The van der Waals surface area contributed by atoms with Gasteiger partial charge in [-0.1, -0.05) is 29.8 Å². The number of hydrogen-bond acceptors (Lipinski definition) is 6. The maximum Gasteiger partial charge on any atom is 0.162 e. The summed E-state index contributed by atoms with van der Waals surface area (Å²) in [5.41, 5.74) is 3.02. The molecule has 1 fully saturated rings. The third kappa shape index (κ3) is 3.85. The summed E-state index contributed by atoms with van der Waals surface area (Å²) in [5.74, 6) is 2.92. The van der Waals surface area contributed by atoms with Crippen LogP contribution in [-0.2, 0) is 4.74 Å². The molecule has 0 saturated carbocycles. The molecule has 152 valence electrons. The second-order valence-corrected chi connectivity index (χ2v) is 7.62. The van der Waals surface area contributed by atoms with E-state index in [1.54, 1.807) is 14.2 Å². The second-order valence-electron chi connectivity index (χ2n) is 7.62. The molecule has 0 bridgehead atoms. The number of ether oxygens (including phenoxy) is 3. The summed E-state index contributed by atoms with van der Waals surface area (Å²) in [5, 5.41) is 0.944. The Morgan fingerprint density at radius 1 is 0.931 bits per heavy atom. The molecule has 2 heterocycles. The van der Waals surface area contributed by atoms with Crippen LogP contribution in [0.15, 0.2) is 36.4 Å². The Balaban J connectivity index is 1.93. The summed E-state index contributed by atoms with van der Waals surface area (Å²) in [7, 11) is 3.28. The average molecular weight is 393 g/mol. The van der Waals surface area contributed by atoms with Crippen molar-refractivity contribution in [2.24, 2.45) is 0 Å². The highest BCUT2D eigenvalue weighted by Gasteiger charge is 2.26. The minimum atomic E-state index is 0.131. The first kappa shape index (κ1) is 19.5. The zero-order chi connectivity index (χ0) is 20.5. The van der Waals surface area contributed by atoms with Gasteiger partial charge in [-0.25, -0.2) is 9.97 Å². The normalized spacial score (nSPS) is 19.4. The van der Waals surface area contributed by atoms with Crippen molar-refractivity contribution in [1.29, 1.82) is 0 Å². The van der Waals surface area contributed by atoms with E-state index in [1.807, 2.05) is 12.1 Å². The fourth-order valence-corrected chi connectivity index (χ4v) is 3.86. The van der Waals surface area contributed by atoms with Gasteiger partial charge >= 0.3 is 0 Å². The zero-order valence-corrected chi connectivity index (χ0v) is 17.6. The average Bonchev–Trinajstić information content (AvgIpc) is 2.71. The van der Waals surface area contributed by atoms with Crippen LogP contribution in [0.25, 0.3) is 22.3 Å². The molecule has 6 heteroatoms. The molecule has 1 aliphatic rings. The third-order valence-electron chi connectivity index (χ3n) is 5.21. The van der Waals surface area contributed by atoms with Crippen LogP contribution in [0.2, 0.25) is 0 Å². The number of nitrogens with zero attached hydrogens (tertiary/aromatic N) is 3.